The lowest BCUT2D eigenvalue weighted by molar-refractivity contribution is 0.142. The number of rotatable bonds is 3. The van der Waals surface area contributed by atoms with Gasteiger partial charge in [0.15, 0.2) is 17.5 Å². The number of hydrogen-bond donors (Lipinski definition) is 1. The number of aromatic nitrogens is 4. The summed E-state index contributed by atoms with van der Waals surface area (Å²) in [5.41, 5.74) is 1.67. The van der Waals surface area contributed by atoms with Crippen LogP contribution in [-0.4, -0.2) is 62.0 Å². The molecule has 5 rings (SSSR count). The summed E-state index contributed by atoms with van der Waals surface area (Å²) in [7, 11) is 0. The molecular formula is C19H18F2N6O2. The molecular weight excluding hydrogens is 382 g/mol. The summed E-state index contributed by atoms with van der Waals surface area (Å²) in [5, 5.41) is 17.4. The smallest absolute Gasteiger partial charge is 0.407 e. The van der Waals surface area contributed by atoms with Gasteiger partial charge in [0.05, 0.1) is 17.2 Å². The van der Waals surface area contributed by atoms with Gasteiger partial charge in [-0.2, -0.15) is 5.10 Å². The minimum absolute atomic E-state index is 0.204. The Labute approximate surface area is 164 Å². The van der Waals surface area contributed by atoms with E-state index in [0.29, 0.717) is 54.4 Å². The van der Waals surface area contributed by atoms with E-state index in [0.717, 1.165) is 18.9 Å². The number of amides is 1. The van der Waals surface area contributed by atoms with E-state index in [1.165, 1.54) is 11.0 Å². The molecule has 0 spiro atoms. The van der Waals surface area contributed by atoms with E-state index in [4.69, 9.17) is 5.11 Å². The number of halogens is 2. The van der Waals surface area contributed by atoms with Crippen LogP contribution in [-0.2, 0) is 0 Å². The van der Waals surface area contributed by atoms with Gasteiger partial charge < -0.3 is 19.5 Å². The molecule has 0 bridgehead atoms. The van der Waals surface area contributed by atoms with Crippen LogP contribution in [0.25, 0.3) is 22.4 Å². The van der Waals surface area contributed by atoms with Crippen LogP contribution in [0.5, 0.6) is 0 Å². The molecule has 0 radical (unpaired) electrons. The average Bonchev–Trinajstić information content (AvgIpc) is 3.50. The van der Waals surface area contributed by atoms with Crippen molar-refractivity contribution in [2.45, 2.75) is 18.9 Å². The topological polar surface area (TPSA) is 87.4 Å². The van der Waals surface area contributed by atoms with Crippen LogP contribution in [0, 0.1) is 11.6 Å². The summed E-state index contributed by atoms with van der Waals surface area (Å²) >= 11 is 0. The number of benzene rings is 1. The summed E-state index contributed by atoms with van der Waals surface area (Å²) in [6, 6.07) is 4.36. The van der Waals surface area contributed by atoms with Crippen LogP contribution in [0.2, 0.25) is 0 Å². The summed E-state index contributed by atoms with van der Waals surface area (Å²) in [4.78, 5) is 19.0. The molecule has 29 heavy (non-hydrogen) atoms. The second kappa shape index (κ2) is 6.64. The molecule has 2 aliphatic rings. The molecule has 2 aromatic heterocycles. The van der Waals surface area contributed by atoms with Crippen LogP contribution in [0.15, 0.2) is 24.4 Å². The maximum absolute atomic E-state index is 13.8. The second-order valence-electron chi connectivity index (χ2n) is 7.35. The number of carboxylic acid groups (broad SMARTS) is 1. The predicted molar refractivity (Wildman–Crippen MR) is 101 cm³/mol. The number of carbonyl (C=O) groups is 1. The Hall–Kier alpha value is -3.30. The average molecular weight is 400 g/mol. The van der Waals surface area contributed by atoms with Gasteiger partial charge in [0.25, 0.3) is 0 Å². The third kappa shape index (κ3) is 3.14. The van der Waals surface area contributed by atoms with Crippen molar-refractivity contribution in [3.8, 4) is 11.4 Å². The quantitative estimate of drug-likeness (QED) is 0.728. The number of fused-ring (bicyclic) bond motifs is 1. The van der Waals surface area contributed by atoms with Crippen LogP contribution in [0.1, 0.15) is 18.9 Å². The Morgan fingerprint density at radius 2 is 1.79 bits per heavy atom. The number of anilines is 1. The van der Waals surface area contributed by atoms with E-state index in [-0.39, 0.29) is 6.04 Å². The van der Waals surface area contributed by atoms with Crippen molar-refractivity contribution in [3.63, 3.8) is 0 Å². The third-order valence-corrected chi connectivity index (χ3v) is 5.42. The molecule has 3 aromatic rings. The summed E-state index contributed by atoms with van der Waals surface area (Å²) in [6.45, 7) is 1.81. The van der Waals surface area contributed by atoms with Crippen molar-refractivity contribution >= 4 is 22.9 Å². The number of piperazine rings is 1. The molecule has 8 nitrogen and oxygen atoms in total. The molecule has 3 heterocycles. The zero-order valence-corrected chi connectivity index (χ0v) is 15.4. The van der Waals surface area contributed by atoms with Gasteiger partial charge in [-0.1, -0.05) is 0 Å². The number of nitrogens with zero attached hydrogens (tertiary/aromatic N) is 6. The van der Waals surface area contributed by atoms with Crippen LogP contribution < -0.4 is 4.90 Å². The highest BCUT2D eigenvalue weighted by molar-refractivity contribution is 5.81. The zero-order valence-electron chi connectivity index (χ0n) is 15.4. The fraction of sp³-hybridized carbons (Fsp3) is 0.368. The van der Waals surface area contributed by atoms with Crippen LogP contribution in [0.4, 0.5) is 19.4 Å². The highest BCUT2D eigenvalue weighted by Crippen LogP contribution is 2.41. The molecule has 1 amide bonds. The Morgan fingerprint density at radius 3 is 2.48 bits per heavy atom. The van der Waals surface area contributed by atoms with Crippen molar-refractivity contribution in [1.82, 2.24) is 24.6 Å². The maximum Gasteiger partial charge on any atom is 0.407 e. The lowest BCUT2D eigenvalue weighted by atomic mass is 10.2. The van der Waals surface area contributed by atoms with Crippen LogP contribution in [0.3, 0.4) is 0 Å². The normalized spacial score (nSPS) is 17.2. The largest absolute Gasteiger partial charge is 0.465 e. The molecule has 1 N–H and O–H groups in total. The third-order valence-electron chi connectivity index (χ3n) is 5.42. The van der Waals surface area contributed by atoms with Gasteiger partial charge >= 0.3 is 6.09 Å². The van der Waals surface area contributed by atoms with E-state index < -0.39 is 17.7 Å². The standard InChI is InChI=1S/C19H18F2N6O2/c20-13-8-15-16(9-14(13)21)27(12-1-2-12)18(23-15)11-7-17(24-22-10-11)25-3-5-26(6-4-25)19(28)29/h7-10,12H,1-6H2,(H,28,29). The van der Waals surface area contributed by atoms with Crippen LogP contribution >= 0.6 is 0 Å². The van der Waals surface area contributed by atoms with Crippen molar-refractivity contribution < 1.29 is 18.7 Å². The second-order valence-corrected chi connectivity index (χ2v) is 7.35. The fourth-order valence-electron chi connectivity index (χ4n) is 3.76. The van der Waals surface area contributed by atoms with Gasteiger partial charge in [-0.15, -0.1) is 5.10 Å². The summed E-state index contributed by atoms with van der Waals surface area (Å²) in [5.74, 6) is -0.586. The van der Waals surface area contributed by atoms with Gasteiger partial charge in [-0.25, -0.2) is 18.6 Å². The Morgan fingerprint density at radius 1 is 1.07 bits per heavy atom. The number of imidazole rings is 1. The molecule has 2 fully saturated rings. The first kappa shape index (κ1) is 17.8. The molecule has 0 unspecified atom stereocenters. The molecule has 1 saturated carbocycles. The van der Waals surface area contributed by atoms with E-state index in [9.17, 15) is 13.6 Å². The van der Waals surface area contributed by atoms with E-state index >= 15 is 0 Å². The van der Waals surface area contributed by atoms with E-state index in [1.807, 2.05) is 15.5 Å². The van der Waals surface area contributed by atoms with Crippen molar-refractivity contribution in [2.24, 2.45) is 0 Å². The maximum atomic E-state index is 13.8. The van der Waals surface area contributed by atoms with Crippen molar-refractivity contribution in [2.75, 3.05) is 31.1 Å². The summed E-state index contributed by atoms with van der Waals surface area (Å²) < 4.78 is 29.5. The Balaban J connectivity index is 1.52. The fourth-order valence-corrected chi connectivity index (χ4v) is 3.76. The van der Waals surface area contributed by atoms with Crippen molar-refractivity contribution in [1.29, 1.82) is 0 Å². The first-order valence-electron chi connectivity index (χ1n) is 9.44. The Bertz CT molecular complexity index is 1110. The van der Waals surface area contributed by atoms with E-state index in [1.54, 1.807) is 6.20 Å². The Kier molecular flexibility index (Phi) is 4.07. The molecule has 1 aliphatic carbocycles. The van der Waals surface area contributed by atoms with Gasteiger partial charge in [-0.05, 0) is 18.9 Å². The predicted octanol–water partition coefficient (Wildman–Crippen LogP) is 2.91. The lowest BCUT2D eigenvalue weighted by Crippen LogP contribution is -2.48. The monoisotopic (exact) mass is 400 g/mol. The van der Waals surface area contributed by atoms with E-state index in [2.05, 4.69) is 15.2 Å². The first-order valence-corrected chi connectivity index (χ1v) is 9.44. The van der Waals surface area contributed by atoms with Gasteiger partial charge in [0, 0.05) is 49.9 Å². The van der Waals surface area contributed by atoms with Gasteiger partial charge in [0.2, 0.25) is 0 Å². The minimum Gasteiger partial charge on any atom is -0.465 e. The summed E-state index contributed by atoms with van der Waals surface area (Å²) in [6.07, 6.45) is 2.58. The van der Waals surface area contributed by atoms with Crippen molar-refractivity contribution in [3.05, 3.63) is 36.0 Å². The molecule has 1 aromatic carbocycles. The zero-order chi connectivity index (χ0) is 20.1. The molecule has 150 valence electrons. The highest BCUT2D eigenvalue weighted by Gasteiger charge is 2.30. The lowest BCUT2D eigenvalue weighted by Gasteiger charge is -2.33. The highest BCUT2D eigenvalue weighted by atomic mass is 19.2. The molecule has 1 saturated heterocycles. The minimum atomic E-state index is -0.929. The first-order chi connectivity index (χ1) is 14.0. The molecule has 10 heteroatoms. The molecule has 0 atom stereocenters. The SMILES string of the molecule is O=C(O)N1CCN(c2cc(-c3nc4cc(F)c(F)cc4n3C3CC3)cnn2)CC1. The van der Waals surface area contributed by atoms with Gasteiger partial charge in [-0.3, -0.25) is 0 Å². The van der Waals surface area contributed by atoms with Gasteiger partial charge in [0.1, 0.15) is 5.82 Å². The number of hydrogen-bond acceptors (Lipinski definition) is 5. The molecule has 1 aliphatic heterocycles.